The molecule has 0 radical (unpaired) electrons. The van der Waals surface area contributed by atoms with Crippen molar-refractivity contribution in [1.29, 1.82) is 0 Å². The van der Waals surface area contributed by atoms with Gasteiger partial charge in [-0.25, -0.2) is 4.79 Å². The van der Waals surface area contributed by atoms with Crippen molar-refractivity contribution in [2.24, 2.45) is 0 Å². The van der Waals surface area contributed by atoms with E-state index in [0.717, 1.165) is 0 Å². The fourth-order valence-electron chi connectivity index (χ4n) is 2.55. The van der Waals surface area contributed by atoms with Gasteiger partial charge in [-0.3, -0.25) is 9.59 Å². The Labute approximate surface area is 166 Å². The van der Waals surface area contributed by atoms with Gasteiger partial charge in [0.25, 0.3) is 5.91 Å². The van der Waals surface area contributed by atoms with Crippen LogP contribution in [0.3, 0.4) is 0 Å². The Morgan fingerprint density at radius 1 is 1.03 bits per heavy atom. The zero-order valence-corrected chi connectivity index (χ0v) is 15.7. The Kier molecular flexibility index (Phi) is 6.47. The third-order valence-corrected chi connectivity index (χ3v) is 3.97. The van der Waals surface area contributed by atoms with E-state index in [1.807, 2.05) is 6.07 Å². The molecule has 150 valence electrons. The Bertz CT molecular complexity index is 1060. The van der Waals surface area contributed by atoms with Crippen LogP contribution in [-0.2, 0) is 20.9 Å². The van der Waals surface area contributed by atoms with Gasteiger partial charge >= 0.3 is 11.6 Å². The second-order valence-electron chi connectivity index (χ2n) is 5.99. The van der Waals surface area contributed by atoms with E-state index in [1.165, 1.54) is 13.2 Å². The molecule has 3 rings (SSSR count). The molecule has 2 aromatic carbocycles. The smallest absolute Gasteiger partial charge is 0.336 e. The van der Waals surface area contributed by atoms with Gasteiger partial charge in [0.2, 0.25) is 0 Å². The Morgan fingerprint density at radius 3 is 2.59 bits per heavy atom. The molecule has 0 aliphatic heterocycles. The predicted octanol–water partition coefficient (Wildman–Crippen LogP) is 2.04. The van der Waals surface area contributed by atoms with E-state index < -0.39 is 17.5 Å². The average molecular weight is 397 g/mol. The fourth-order valence-corrected chi connectivity index (χ4v) is 2.55. The van der Waals surface area contributed by atoms with Crippen LogP contribution in [0.2, 0.25) is 0 Å². The molecule has 1 heterocycles. The monoisotopic (exact) mass is 397 g/mol. The molecule has 0 aliphatic carbocycles. The average Bonchev–Trinajstić information content (AvgIpc) is 2.74. The van der Waals surface area contributed by atoms with E-state index in [2.05, 4.69) is 5.32 Å². The summed E-state index contributed by atoms with van der Waals surface area (Å²) in [5.74, 6) is -0.0106. The molecule has 1 N–H and O–H groups in total. The zero-order chi connectivity index (χ0) is 20.6. The number of ether oxygens (including phenoxy) is 3. The summed E-state index contributed by atoms with van der Waals surface area (Å²) < 4.78 is 20.7. The van der Waals surface area contributed by atoms with Gasteiger partial charge in [-0.1, -0.05) is 18.2 Å². The number of esters is 1. The first-order valence-corrected chi connectivity index (χ1v) is 8.76. The highest BCUT2D eigenvalue weighted by atomic mass is 16.5. The van der Waals surface area contributed by atoms with Gasteiger partial charge in [-0.15, -0.1) is 0 Å². The second kappa shape index (κ2) is 9.41. The van der Waals surface area contributed by atoms with Gasteiger partial charge in [-0.05, 0) is 24.3 Å². The Balaban J connectivity index is 1.51. The van der Waals surface area contributed by atoms with Gasteiger partial charge in [0.1, 0.15) is 30.2 Å². The maximum absolute atomic E-state index is 11.9. The summed E-state index contributed by atoms with van der Waals surface area (Å²) in [7, 11) is 1.50. The lowest BCUT2D eigenvalue weighted by molar-refractivity contribution is -0.145. The van der Waals surface area contributed by atoms with Crippen molar-refractivity contribution >= 4 is 22.8 Å². The number of benzene rings is 2. The summed E-state index contributed by atoms with van der Waals surface area (Å²) in [6, 6.07) is 15.1. The van der Waals surface area contributed by atoms with E-state index in [-0.39, 0.29) is 19.8 Å². The number of methoxy groups -OCH3 is 1. The van der Waals surface area contributed by atoms with E-state index in [9.17, 15) is 14.4 Å². The van der Waals surface area contributed by atoms with Gasteiger partial charge < -0.3 is 23.9 Å². The minimum Gasteiger partial charge on any atom is -0.497 e. The molecule has 0 fully saturated rings. The minimum absolute atomic E-state index is 0.135. The summed E-state index contributed by atoms with van der Waals surface area (Å²) in [5.41, 5.74) is 0.253. The molecule has 8 heteroatoms. The van der Waals surface area contributed by atoms with Crippen molar-refractivity contribution in [3.8, 4) is 11.5 Å². The first-order valence-electron chi connectivity index (χ1n) is 8.76. The molecule has 3 aromatic rings. The number of para-hydroxylation sites is 1. The van der Waals surface area contributed by atoms with Crippen LogP contribution in [0.1, 0.15) is 5.56 Å². The molecule has 0 bridgehead atoms. The van der Waals surface area contributed by atoms with E-state index in [1.54, 1.807) is 42.5 Å². The molecule has 0 aliphatic rings. The van der Waals surface area contributed by atoms with Crippen LogP contribution in [0.15, 0.2) is 63.8 Å². The number of hydrogen-bond acceptors (Lipinski definition) is 7. The summed E-state index contributed by atoms with van der Waals surface area (Å²) in [6.45, 7) is -0.669. The van der Waals surface area contributed by atoms with Crippen LogP contribution in [0.5, 0.6) is 11.5 Å². The number of nitrogens with one attached hydrogen (secondary N) is 1. The third-order valence-electron chi connectivity index (χ3n) is 3.97. The number of hydrogen-bond donors (Lipinski definition) is 1. The molecule has 0 saturated carbocycles. The van der Waals surface area contributed by atoms with Crippen molar-refractivity contribution in [3.63, 3.8) is 0 Å². The predicted molar refractivity (Wildman–Crippen MR) is 104 cm³/mol. The number of carbonyl (C=O) groups is 2. The normalized spacial score (nSPS) is 10.4. The summed E-state index contributed by atoms with van der Waals surface area (Å²) in [5, 5.41) is 3.04. The van der Waals surface area contributed by atoms with Crippen molar-refractivity contribution in [2.45, 2.75) is 6.61 Å². The topological polar surface area (TPSA) is 104 Å². The van der Waals surface area contributed by atoms with Crippen LogP contribution in [0.25, 0.3) is 11.0 Å². The number of fused-ring (bicyclic) bond motifs is 1. The first kappa shape index (κ1) is 19.9. The first-order chi connectivity index (χ1) is 14.0. The molecule has 0 unspecified atom stereocenters. The Morgan fingerprint density at radius 2 is 1.83 bits per heavy atom. The van der Waals surface area contributed by atoms with Crippen LogP contribution in [0, 0.1) is 0 Å². The second-order valence-corrected chi connectivity index (χ2v) is 5.99. The quantitative estimate of drug-likeness (QED) is 0.458. The van der Waals surface area contributed by atoms with E-state index in [0.29, 0.717) is 28.0 Å². The summed E-state index contributed by atoms with van der Waals surface area (Å²) >= 11 is 0. The molecule has 29 heavy (non-hydrogen) atoms. The van der Waals surface area contributed by atoms with Crippen LogP contribution in [0.4, 0.5) is 0 Å². The lowest BCUT2D eigenvalue weighted by Crippen LogP contribution is -2.34. The van der Waals surface area contributed by atoms with Gasteiger partial charge in [0.15, 0.2) is 6.61 Å². The molecule has 8 nitrogen and oxygen atoms in total. The fraction of sp³-hybridized carbons (Fsp3) is 0.190. The van der Waals surface area contributed by atoms with Gasteiger partial charge in [0, 0.05) is 23.1 Å². The molecular formula is C21H19NO7. The van der Waals surface area contributed by atoms with Crippen LogP contribution in [-0.4, -0.2) is 32.1 Å². The number of carbonyl (C=O) groups excluding carboxylic acids is 2. The standard InChI is InChI=1S/C21H19NO7/c1-26-16-7-8-17-14(9-20(24)29-18(17)10-16)12-28-21(25)11-22-19(23)13-27-15-5-3-2-4-6-15/h2-10H,11-13H2,1H3,(H,22,23). The van der Waals surface area contributed by atoms with E-state index >= 15 is 0 Å². The minimum atomic E-state index is -0.645. The van der Waals surface area contributed by atoms with Crippen molar-refractivity contribution in [1.82, 2.24) is 5.32 Å². The van der Waals surface area contributed by atoms with Gasteiger partial charge in [-0.2, -0.15) is 0 Å². The highest BCUT2D eigenvalue weighted by Gasteiger charge is 2.11. The lowest BCUT2D eigenvalue weighted by atomic mass is 10.1. The summed E-state index contributed by atoms with van der Waals surface area (Å²) in [6.07, 6.45) is 0. The highest BCUT2D eigenvalue weighted by molar-refractivity contribution is 5.84. The SMILES string of the molecule is COc1ccc2c(COC(=O)CNC(=O)COc3ccccc3)cc(=O)oc2c1. The lowest BCUT2D eigenvalue weighted by Gasteiger charge is -2.09. The van der Waals surface area contributed by atoms with E-state index in [4.69, 9.17) is 18.6 Å². The molecule has 1 amide bonds. The number of amides is 1. The number of rotatable bonds is 8. The maximum Gasteiger partial charge on any atom is 0.336 e. The molecule has 0 saturated heterocycles. The third kappa shape index (κ3) is 5.58. The maximum atomic E-state index is 11.9. The van der Waals surface area contributed by atoms with Crippen molar-refractivity contribution in [2.75, 3.05) is 20.3 Å². The van der Waals surface area contributed by atoms with Crippen LogP contribution < -0.4 is 20.4 Å². The van der Waals surface area contributed by atoms with Crippen molar-refractivity contribution < 1.29 is 28.2 Å². The largest absolute Gasteiger partial charge is 0.497 e. The molecule has 1 aromatic heterocycles. The molecular weight excluding hydrogens is 378 g/mol. The Hall–Kier alpha value is -3.81. The van der Waals surface area contributed by atoms with Gasteiger partial charge in [0.05, 0.1) is 7.11 Å². The molecule has 0 atom stereocenters. The summed E-state index contributed by atoms with van der Waals surface area (Å²) in [4.78, 5) is 35.4. The highest BCUT2D eigenvalue weighted by Crippen LogP contribution is 2.22. The molecule has 0 spiro atoms. The van der Waals surface area contributed by atoms with Crippen LogP contribution >= 0.6 is 0 Å². The van der Waals surface area contributed by atoms with Crippen molar-refractivity contribution in [3.05, 3.63) is 70.6 Å². The zero-order valence-electron chi connectivity index (χ0n) is 15.7.